The summed E-state index contributed by atoms with van der Waals surface area (Å²) in [5.41, 5.74) is 6.55. The van der Waals surface area contributed by atoms with Crippen LogP contribution >= 0.6 is 0 Å². The van der Waals surface area contributed by atoms with Gasteiger partial charge in [-0.25, -0.2) is 0 Å². The number of likely N-dealkylation sites (N-methyl/N-ethyl adjacent to an activating group) is 1. The van der Waals surface area contributed by atoms with Crippen molar-refractivity contribution in [3.63, 3.8) is 0 Å². The van der Waals surface area contributed by atoms with Crippen molar-refractivity contribution >= 4 is 0 Å². The predicted molar refractivity (Wildman–Crippen MR) is 138 cm³/mol. The summed E-state index contributed by atoms with van der Waals surface area (Å²) < 4.78 is 0. The van der Waals surface area contributed by atoms with Gasteiger partial charge in [-0.3, -0.25) is 0 Å². The maximum Gasteiger partial charge on any atom is 0.0104 e. The lowest BCUT2D eigenvalue weighted by molar-refractivity contribution is 0.153. The Labute approximate surface area is 197 Å². The molecule has 2 fully saturated rings. The maximum atomic E-state index is 2.64. The number of piperidine rings is 1. The van der Waals surface area contributed by atoms with Crippen LogP contribution in [0.25, 0.3) is 0 Å². The number of benzene rings is 2. The Balaban J connectivity index is 1.52. The van der Waals surface area contributed by atoms with E-state index in [2.05, 4.69) is 100 Å². The van der Waals surface area contributed by atoms with Crippen LogP contribution < -0.4 is 0 Å². The van der Waals surface area contributed by atoms with Crippen molar-refractivity contribution in [2.75, 3.05) is 33.7 Å². The second kappa shape index (κ2) is 9.69. The Morgan fingerprint density at radius 2 is 1.53 bits per heavy atom. The van der Waals surface area contributed by atoms with Gasteiger partial charge in [-0.05, 0) is 98.3 Å². The minimum atomic E-state index is 0.204. The van der Waals surface area contributed by atoms with E-state index in [0.717, 1.165) is 0 Å². The monoisotopic (exact) mass is 432 g/mol. The van der Waals surface area contributed by atoms with Crippen LogP contribution in [0.15, 0.2) is 48.5 Å². The van der Waals surface area contributed by atoms with Gasteiger partial charge in [0.15, 0.2) is 0 Å². The van der Waals surface area contributed by atoms with Crippen LogP contribution in [0.1, 0.15) is 93.4 Å². The second-order valence-electron chi connectivity index (χ2n) is 11.7. The van der Waals surface area contributed by atoms with Gasteiger partial charge in [-0.1, -0.05) is 76.2 Å². The Morgan fingerprint density at radius 3 is 2.22 bits per heavy atom. The maximum absolute atomic E-state index is 2.64. The summed E-state index contributed by atoms with van der Waals surface area (Å²) in [6, 6.07) is 19.2. The zero-order chi connectivity index (χ0) is 22.9. The molecule has 4 unspecified atom stereocenters. The molecule has 4 rings (SSSR count). The van der Waals surface area contributed by atoms with Gasteiger partial charge in [0.05, 0.1) is 0 Å². The molecule has 0 aromatic heterocycles. The van der Waals surface area contributed by atoms with E-state index < -0.39 is 0 Å². The number of rotatable bonds is 5. The number of nitrogens with zero attached hydrogens (tertiary/aromatic N) is 2. The first kappa shape index (κ1) is 23.5. The van der Waals surface area contributed by atoms with E-state index in [0.29, 0.717) is 23.8 Å². The minimum absolute atomic E-state index is 0.204. The highest BCUT2D eigenvalue weighted by molar-refractivity contribution is 5.37. The van der Waals surface area contributed by atoms with E-state index in [9.17, 15) is 0 Å². The molecule has 2 heterocycles. The molecule has 0 N–H and O–H groups in total. The summed E-state index contributed by atoms with van der Waals surface area (Å²) >= 11 is 0. The van der Waals surface area contributed by atoms with E-state index in [4.69, 9.17) is 0 Å². The van der Waals surface area contributed by atoms with Crippen molar-refractivity contribution in [2.45, 2.75) is 82.6 Å². The minimum Gasteiger partial charge on any atom is -0.306 e. The molecule has 32 heavy (non-hydrogen) atoms. The average molecular weight is 433 g/mol. The second-order valence-corrected chi connectivity index (χ2v) is 11.7. The highest BCUT2D eigenvalue weighted by Crippen LogP contribution is 2.40. The van der Waals surface area contributed by atoms with Crippen molar-refractivity contribution in [3.05, 3.63) is 70.8 Å². The SMILES string of the molecule is CC(CC1CC(c2ccccc2C(C)(C)C)CCN1C)c1ccccc1C1CCN(C)C1. The summed E-state index contributed by atoms with van der Waals surface area (Å²) in [5, 5.41) is 0. The van der Waals surface area contributed by atoms with Gasteiger partial charge in [0, 0.05) is 12.6 Å². The Morgan fingerprint density at radius 1 is 0.875 bits per heavy atom. The number of hydrogen-bond donors (Lipinski definition) is 0. The summed E-state index contributed by atoms with van der Waals surface area (Å²) in [6.45, 7) is 13.2. The quantitative estimate of drug-likeness (QED) is 0.514. The van der Waals surface area contributed by atoms with Gasteiger partial charge in [0.1, 0.15) is 0 Å². The molecule has 0 bridgehead atoms. The zero-order valence-corrected chi connectivity index (χ0v) is 21.3. The summed E-state index contributed by atoms with van der Waals surface area (Å²) in [7, 11) is 4.61. The molecule has 2 heteroatoms. The van der Waals surface area contributed by atoms with E-state index in [-0.39, 0.29) is 5.41 Å². The molecular weight excluding hydrogens is 388 g/mol. The van der Waals surface area contributed by atoms with Gasteiger partial charge in [-0.2, -0.15) is 0 Å². The molecule has 0 saturated carbocycles. The van der Waals surface area contributed by atoms with E-state index in [1.54, 1.807) is 16.7 Å². The van der Waals surface area contributed by atoms with Crippen molar-refractivity contribution in [1.29, 1.82) is 0 Å². The lowest BCUT2D eigenvalue weighted by Crippen LogP contribution is -2.40. The van der Waals surface area contributed by atoms with Crippen LogP contribution in [0.4, 0.5) is 0 Å². The third kappa shape index (κ3) is 5.13. The predicted octanol–water partition coefficient (Wildman–Crippen LogP) is 6.77. The van der Waals surface area contributed by atoms with Crippen molar-refractivity contribution in [3.8, 4) is 0 Å². The molecule has 4 atom stereocenters. The number of hydrogen-bond acceptors (Lipinski definition) is 2. The standard InChI is InChI=1S/C30H44N2/c1-22(26-11-7-8-12-27(26)24-15-17-31(5)21-24)19-25-20-23(16-18-32(25)6)28-13-9-10-14-29(28)30(2,3)4/h7-14,22-25H,15-21H2,1-6H3. The first-order valence-corrected chi connectivity index (χ1v) is 12.8. The summed E-state index contributed by atoms with van der Waals surface area (Å²) in [5.74, 6) is 1.98. The molecule has 2 aromatic carbocycles. The molecule has 0 aliphatic carbocycles. The van der Waals surface area contributed by atoms with E-state index in [1.165, 1.54) is 50.9 Å². The normalized spacial score (nSPS) is 26.4. The molecule has 2 saturated heterocycles. The fourth-order valence-electron chi connectivity index (χ4n) is 6.32. The molecular formula is C30H44N2. The van der Waals surface area contributed by atoms with E-state index >= 15 is 0 Å². The van der Waals surface area contributed by atoms with Crippen LogP contribution in [-0.4, -0.2) is 49.6 Å². The zero-order valence-electron chi connectivity index (χ0n) is 21.3. The van der Waals surface area contributed by atoms with Gasteiger partial charge in [0.25, 0.3) is 0 Å². The van der Waals surface area contributed by atoms with Crippen molar-refractivity contribution in [2.24, 2.45) is 0 Å². The third-order valence-corrected chi connectivity index (χ3v) is 8.20. The Hall–Kier alpha value is -1.64. The first-order chi connectivity index (χ1) is 15.2. The van der Waals surface area contributed by atoms with Gasteiger partial charge in [-0.15, -0.1) is 0 Å². The van der Waals surface area contributed by atoms with Gasteiger partial charge < -0.3 is 9.80 Å². The van der Waals surface area contributed by atoms with Crippen LogP contribution in [0.2, 0.25) is 0 Å². The Kier molecular flexibility index (Phi) is 7.12. The summed E-state index contributed by atoms with van der Waals surface area (Å²) in [6.07, 6.45) is 5.11. The molecule has 2 aliphatic rings. The van der Waals surface area contributed by atoms with Crippen LogP contribution in [-0.2, 0) is 5.41 Å². The lowest BCUT2D eigenvalue weighted by Gasteiger charge is -2.40. The van der Waals surface area contributed by atoms with Crippen molar-refractivity contribution < 1.29 is 0 Å². The molecule has 174 valence electrons. The highest BCUT2D eigenvalue weighted by atomic mass is 15.1. The third-order valence-electron chi connectivity index (χ3n) is 8.20. The lowest BCUT2D eigenvalue weighted by atomic mass is 9.75. The Bertz CT molecular complexity index is 896. The average Bonchev–Trinajstić information content (AvgIpc) is 3.21. The summed E-state index contributed by atoms with van der Waals surface area (Å²) in [4.78, 5) is 5.12. The van der Waals surface area contributed by atoms with Crippen LogP contribution in [0.3, 0.4) is 0 Å². The fraction of sp³-hybridized carbons (Fsp3) is 0.600. The molecule has 2 nitrogen and oxygen atoms in total. The van der Waals surface area contributed by atoms with E-state index in [1.807, 2.05) is 0 Å². The van der Waals surface area contributed by atoms with Crippen molar-refractivity contribution in [1.82, 2.24) is 9.80 Å². The molecule has 0 spiro atoms. The highest BCUT2D eigenvalue weighted by Gasteiger charge is 2.32. The van der Waals surface area contributed by atoms with Gasteiger partial charge in [0.2, 0.25) is 0 Å². The first-order valence-electron chi connectivity index (χ1n) is 12.8. The topological polar surface area (TPSA) is 6.48 Å². The van der Waals surface area contributed by atoms with Crippen LogP contribution in [0.5, 0.6) is 0 Å². The molecule has 0 amide bonds. The molecule has 2 aliphatic heterocycles. The van der Waals surface area contributed by atoms with Gasteiger partial charge >= 0.3 is 0 Å². The fourth-order valence-corrected chi connectivity index (χ4v) is 6.32. The van der Waals surface area contributed by atoms with Crippen LogP contribution in [0, 0.1) is 0 Å². The number of likely N-dealkylation sites (tertiary alicyclic amines) is 2. The molecule has 0 radical (unpaired) electrons. The molecule has 2 aromatic rings. The smallest absolute Gasteiger partial charge is 0.0104 e. The largest absolute Gasteiger partial charge is 0.306 e.